The first-order valence-electron chi connectivity index (χ1n) is 7.77. The number of carbonyl (C=O) groups is 2. The van der Waals surface area contributed by atoms with Crippen LogP contribution >= 0.6 is 0 Å². The second kappa shape index (κ2) is 7.31. The van der Waals surface area contributed by atoms with Crippen LogP contribution in [0.1, 0.15) is 28.8 Å². The molecule has 0 radical (unpaired) electrons. The Bertz CT molecular complexity index is 715. The van der Waals surface area contributed by atoms with Crippen LogP contribution in [0.4, 0.5) is 0 Å². The predicted molar refractivity (Wildman–Crippen MR) is 90.9 cm³/mol. The normalized spacial score (nSPS) is 18.4. The van der Waals surface area contributed by atoms with Crippen LogP contribution in [0.15, 0.2) is 24.3 Å². The summed E-state index contributed by atoms with van der Waals surface area (Å²) in [6.07, 6.45) is 2.38. The fourth-order valence-electron chi connectivity index (χ4n) is 2.90. The van der Waals surface area contributed by atoms with Crippen molar-refractivity contribution < 1.29 is 18.0 Å². The zero-order valence-corrected chi connectivity index (χ0v) is 15.0. The predicted octanol–water partition coefficient (Wildman–Crippen LogP) is 0.429. The lowest BCUT2D eigenvalue weighted by molar-refractivity contribution is -0.133. The summed E-state index contributed by atoms with van der Waals surface area (Å²) in [7, 11) is -0.152. The van der Waals surface area contributed by atoms with Gasteiger partial charge in [0.2, 0.25) is 15.9 Å². The molecule has 1 N–H and O–H groups in total. The lowest BCUT2D eigenvalue weighted by atomic mass is 10.1. The van der Waals surface area contributed by atoms with E-state index in [1.165, 1.54) is 9.21 Å². The number of hydrogen-bond donors (Lipinski definition) is 1. The van der Waals surface area contributed by atoms with Gasteiger partial charge in [0, 0.05) is 32.7 Å². The van der Waals surface area contributed by atoms with Crippen LogP contribution in [0.3, 0.4) is 0 Å². The topological polar surface area (TPSA) is 86.8 Å². The maximum Gasteiger partial charge on any atom is 0.251 e. The SMILES string of the molecule is CNC(=O)c1ccc(CN(C)C(=O)C2CCCN2S(C)(=O)=O)cc1. The van der Waals surface area contributed by atoms with Crippen molar-refractivity contribution in [3.63, 3.8) is 0 Å². The Morgan fingerprint density at radius 3 is 2.46 bits per heavy atom. The third-order valence-electron chi connectivity index (χ3n) is 4.15. The van der Waals surface area contributed by atoms with Crippen LogP contribution in [-0.2, 0) is 21.4 Å². The molecule has 1 fully saturated rings. The van der Waals surface area contributed by atoms with Gasteiger partial charge in [-0.15, -0.1) is 0 Å². The highest BCUT2D eigenvalue weighted by molar-refractivity contribution is 7.88. The van der Waals surface area contributed by atoms with Crippen LogP contribution in [0, 0.1) is 0 Å². The quantitative estimate of drug-likeness (QED) is 0.832. The Morgan fingerprint density at radius 2 is 1.92 bits per heavy atom. The first-order chi connectivity index (χ1) is 11.2. The van der Waals surface area contributed by atoms with Crippen molar-refractivity contribution in [2.75, 3.05) is 26.9 Å². The molecular formula is C16H23N3O4S. The van der Waals surface area contributed by atoms with Crippen molar-refractivity contribution in [2.45, 2.75) is 25.4 Å². The number of carbonyl (C=O) groups excluding carboxylic acids is 2. The average Bonchev–Trinajstić information content (AvgIpc) is 3.04. The van der Waals surface area contributed by atoms with E-state index in [0.717, 1.165) is 11.8 Å². The summed E-state index contributed by atoms with van der Waals surface area (Å²) >= 11 is 0. The Kier molecular flexibility index (Phi) is 5.61. The highest BCUT2D eigenvalue weighted by Crippen LogP contribution is 2.22. The fraction of sp³-hybridized carbons (Fsp3) is 0.500. The molecule has 1 heterocycles. The Labute approximate surface area is 142 Å². The summed E-state index contributed by atoms with van der Waals surface area (Å²) in [5.74, 6) is -0.367. The van der Waals surface area contributed by atoms with Crippen LogP contribution in [0.25, 0.3) is 0 Å². The van der Waals surface area contributed by atoms with Gasteiger partial charge in [0.05, 0.1) is 6.26 Å². The molecule has 1 aromatic rings. The molecule has 1 aromatic carbocycles. The van der Waals surface area contributed by atoms with E-state index in [1.807, 2.05) is 0 Å². The van der Waals surface area contributed by atoms with Gasteiger partial charge >= 0.3 is 0 Å². The summed E-state index contributed by atoms with van der Waals surface area (Å²) in [5.41, 5.74) is 1.43. The third kappa shape index (κ3) is 4.12. The number of likely N-dealkylation sites (N-methyl/N-ethyl adjacent to an activating group) is 1. The number of rotatable bonds is 5. The minimum atomic E-state index is -3.38. The molecular weight excluding hydrogens is 330 g/mol. The van der Waals surface area contributed by atoms with E-state index in [9.17, 15) is 18.0 Å². The van der Waals surface area contributed by atoms with Gasteiger partial charge in [0.25, 0.3) is 5.91 Å². The third-order valence-corrected chi connectivity index (χ3v) is 5.44. The maximum atomic E-state index is 12.6. The molecule has 24 heavy (non-hydrogen) atoms. The van der Waals surface area contributed by atoms with E-state index < -0.39 is 16.1 Å². The number of nitrogens with zero attached hydrogens (tertiary/aromatic N) is 2. The highest BCUT2D eigenvalue weighted by atomic mass is 32.2. The number of sulfonamides is 1. The van der Waals surface area contributed by atoms with Crippen molar-refractivity contribution in [1.82, 2.24) is 14.5 Å². The van der Waals surface area contributed by atoms with Gasteiger partial charge in [0.1, 0.15) is 6.04 Å². The summed E-state index contributed by atoms with van der Waals surface area (Å²) in [6, 6.07) is 6.36. The number of amides is 2. The van der Waals surface area contributed by atoms with Crippen LogP contribution in [-0.4, -0.2) is 62.4 Å². The first kappa shape index (κ1) is 18.4. The summed E-state index contributed by atoms with van der Waals surface area (Å²) < 4.78 is 24.8. The van der Waals surface area contributed by atoms with Crippen LogP contribution in [0.5, 0.6) is 0 Å². The van der Waals surface area contributed by atoms with Gasteiger partial charge in [-0.25, -0.2) is 8.42 Å². The van der Waals surface area contributed by atoms with Gasteiger partial charge in [-0.3, -0.25) is 9.59 Å². The molecule has 1 atom stereocenters. The number of benzene rings is 1. The lowest BCUT2D eigenvalue weighted by Crippen LogP contribution is -2.45. The average molecular weight is 353 g/mol. The van der Waals surface area contributed by atoms with Gasteiger partial charge in [-0.1, -0.05) is 12.1 Å². The molecule has 1 aliphatic rings. The van der Waals surface area contributed by atoms with E-state index in [2.05, 4.69) is 5.32 Å². The smallest absolute Gasteiger partial charge is 0.251 e. The molecule has 132 valence electrons. The monoisotopic (exact) mass is 353 g/mol. The summed E-state index contributed by atoms with van der Waals surface area (Å²) in [4.78, 5) is 25.6. The van der Waals surface area contributed by atoms with Crippen LogP contribution in [0.2, 0.25) is 0 Å². The maximum absolute atomic E-state index is 12.6. The van der Waals surface area contributed by atoms with E-state index in [0.29, 0.717) is 31.5 Å². The second-order valence-corrected chi connectivity index (χ2v) is 7.94. The molecule has 0 saturated carbocycles. The van der Waals surface area contributed by atoms with Crippen molar-refractivity contribution in [3.05, 3.63) is 35.4 Å². The van der Waals surface area contributed by atoms with Crippen molar-refractivity contribution in [2.24, 2.45) is 0 Å². The van der Waals surface area contributed by atoms with Crippen molar-refractivity contribution in [3.8, 4) is 0 Å². The lowest BCUT2D eigenvalue weighted by Gasteiger charge is -2.26. The minimum absolute atomic E-state index is 0.166. The Hall–Kier alpha value is -1.93. The van der Waals surface area contributed by atoms with E-state index in [-0.39, 0.29) is 11.8 Å². The molecule has 0 aromatic heterocycles. The Balaban J connectivity index is 2.05. The number of nitrogens with one attached hydrogen (secondary N) is 1. The minimum Gasteiger partial charge on any atom is -0.355 e. The van der Waals surface area contributed by atoms with E-state index in [1.54, 1.807) is 38.4 Å². The molecule has 0 bridgehead atoms. The van der Waals surface area contributed by atoms with Crippen molar-refractivity contribution >= 4 is 21.8 Å². The van der Waals surface area contributed by atoms with Crippen LogP contribution < -0.4 is 5.32 Å². The molecule has 2 amide bonds. The molecule has 0 spiro atoms. The summed E-state index contributed by atoms with van der Waals surface area (Å²) in [6.45, 7) is 0.755. The van der Waals surface area contributed by atoms with E-state index >= 15 is 0 Å². The molecule has 7 nitrogen and oxygen atoms in total. The van der Waals surface area contributed by atoms with Gasteiger partial charge in [0.15, 0.2) is 0 Å². The first-order valence-corrected chi connectivity index (χ1v) is 9.61. The molecule has 0 aliphatic carbocycles. The molecule has 8 heteroatoms. The second-order valence-electron chi connectivity index (χ2n) is 6.00. The molecule has 1 unspecified atom stereocenters. The highest BCUT2D eigenvalue weighted by Gasteiger charge is 2.37. The molecule has 1 aliphatic heterocycles. The Morgan fingerprint density at radius 1 is 1.29 bits per heavy atom. The zero-order valence-electron chi connectivity index (χ0n) is 14.2. The summed E-state index contributed by atoms with van der Waals surface area (Å²) in [5, 5.41) is 2.55. The van der Waals surface area contributed by atoms with Gasteiger partial charge in [-0.05, 0) is 30.5 Å². The molecule has 1 saturated heterocycles. The standard InChI is InChI=1S/C16H23N3O4S/c1-17-15(20)13-8-6-12(7-9-13)11-18(2)16(21)14-5-4-10-19(14)24(3,22)23/h6-9,14H,4-5,10-11H2,1-3H3,(H,17,20). The fourth-order valence-corrected chi connectivity index (χ4v) is 4.01. The van der Waals surface area contributed by atoms with E-state index in [4.69, 9.17) is 0 Å². The zero-order chi connectivity index (χ0) is 17.9. The van der Waals surface area contributed by atoms with Gasteiger partial charge < -0.3 is 10.2 Å². The van der Waals surface area contributed by atoms with Gasteiger partial charge in [-0.2, -0.15) is 4.31 Å². The molecule has 2 rings (SSSR count). The number of hydrogen-bond acceptors (Lipinski definition) is 4. The van der Waals surface area contributed by atoms with Crippen molar-refractivity contribution in [1.29, 1.82) is 0 Å². The largest absolute Gasteiger partial charge is 0.355 e.